The second kappa shape index (κ2) is 12.6. The second-order valence-corrected chi connectivity index (χ2v) is 9.05. The molecule has 1 aromatic rings. The first-order valence-electron chi connectivity index (χ1n) is 11.5. The summed E-state index contributed by atoms with van der Waals surface area (Å²) < 4.78 is 16.6. The first kappa shape index (κ1) is 27.4. The van der Waals surface area contributed by atoms with Crippen LogP contribution in [0.1, 0.15) is 38.1 Å². The van der Waals surface area contributed by atoms with E-state index in [1.54, 1.807) is 42.2 Å². The van der Waals surface area contributed by atoms with Gasteiger partial charge in [0.05, 0.1) is 17.7 Å². The fourth-order valence-corrected chi connectivity index (χ4v) is 3.79. The Balaban J connectivity index is 2.42. The molecule has 0 unspecified atom stereocenters. The number of benzene rings is 1. The minimum Gasteiger partial charge on any atom is -0.491 e. The lowest BCUT2D eigenvalue weighted by Gasteiger charge is -2.36. The number of rotatable bonds is 5. The molecule has 1 aromatic carbocycles. The molecule has 4 amide bonds. The van der Waals surface area contributed by atoms with E-state index < -0.39 is 0 Å². The van der Waals surface area contributed by atoms with Crippen LogP contribution in [0.25, 0.3) is 0 Å². The first-order valence-corrected chi connectivity index (χ1v) is 11.5. The van der Waals surface area contributed by atoms with Crippen LogP contribution in [-0.4, -0.2) is 93.4 Å². The van der Waals surface area contributed by atoms with E-state index in [9.17, 15) is 14.4 Å². The quantitative estimate of drug-likeness (QED) is 0.672. The lowest BCUT2D eigenvalue weighted by molar-refractivity contribution is -0.119. The van der Waals surface area contributed by atoms with Crippen molar-refractivity contribution in [3.05, 3.63) is 23.8 Å². The molecular weight excluding hydrogens is 440 g/mol. The van der Waals surface area contributed by atoms with Crippen LogP contribution in [-0.2, 0) is 14.3 Å². The number of hydrogen-bond donors (Lipinski definition) is 2. The van der Waals surface area contributed by atoms with Crippen molar-refractivity contribution in [3.8, 4) is 5.75 Å². The summed E-state index contributed by atoms with van der Waals surface area (Å²) in [7, 11) is 4.75. The van der Waals surface area contributed by atoms with Crippen molar-refractivity contribution in [2.24, 2.45) is 5.92 Å². The van der Waals surface area contributed by atoms with Gasteiger partial charge in [-0.05, 0) is 32.9 Å². The lowest BCUT2D eigenvalue weighted by atomic mass is 10.0. The molecule has 10 heteroatoms. The van der Waals surface area contributed by atoms with E-state index in [0.29, 0.717) is 30.1 Å². The number of anilines is 1. The number of amides is 4. The van der Waals surface area contributed by atoms with E-state index in [4.69, 9.17) is 14.2 Å². The molecule has 190 valence electrons. The van der Waals surface area contributed by atoms with Crippen molar-refractivity contribution in [1.29, 1.82) is 0 Å². The molecule has 34 heavy (non-hydrogen) atoms. The summed E-state index contributed by atoms with van der Waals surface area (Å²) >= 11 is 0. The molecule has 0 bridgehead atoms. The zero-order valence-corrected chi connectivity index (χ0v) is 21.2. The lowest BCUT2D eigenvalue weighted by Crippen LogP contribution is -2.52. The van der Waals surface area contributed by atoms with Gasteiger partial charge in [-0.2, -0.15) is 0 Å². The van der Waals surface area contributed by atoms with E-state index in [0.717, 1.165) is 0 Å². The predicted molar refractivity (Wildman–Crippen MR) is 129 cm³/mol. The van der Waals surface area contributed by atoms with E-state index >= 15 is 0 Å². The maximum Gasteiger partial charge on any atom is 0.317 e. The maximum absolute atomic E-state index is 13.2. The molecule has 1 aliphatic rings. The third-order valence-corrected chi connectivity index (χ3v) is 5.68. The number of ether oxygens (including phenoxy) is 3. The summed E-state index contributed by atoms with van der Waals surface area (Å²) in [5, 5.41) is 5.68. The number of urea groups is 1. The van der Waals surface area contributed by atoms with Crippen LogP contribution >= 0.6 is 0 Å². The van der Waals surface area contributed by atoms with Gasteiger partial charge in [0.1, 0.15) is 19.0 Å². The molecule has 3 atom stereocenters. The highest BCUT2D eigenvalue weighted by molar-refractivity contribution is 5.98. The summed E-state index contributed by atoms with van der Waals surface area (Å²) in [4.78, 5) is 41.5. The van der Waals surface area contributed by atoms with Gasteiger partial charge in [-0.15, -0.1) is 0 Å². The van der Waals surface area contributed by atoms with Gasteiger partial charge >= 0.3 is 6.03 Å². The van der Waals surface area contributed by atoms with E-state index in [-0.39, 0.29) is 55.2 Å². The molecule has 2 rings (SSSR count). The summed E-state index contributed by atoms with van der Waals surface area (Å²) in [5.41, 5.74) is 0.842. The molecule has 0 spiro atoms. The number of nitrogens with one attached hydrogen (secondary N) is 2. The Morgan fingerprint density at radius 2 is 1.91 bits per heavy atom. The Morgan fingerprint density at radius 3 is 2.53 bits per heavy atom. The predicted octanol–water partition coefficient (Wildman–Crippen LogP) is 2.20. The minimum atomic E-state index is -0.319. The minimum absolute atomic E-state index is 0.0155. The van der Waals surface area contributed by atoms with Gasteiger partial charge in [-0.1, -0.05) is 6.92 Å². The Labute approximate surface area is 201 Å². The molecule has 2 N–H and O–H groups in total. The fraction of sp³-hybridized carbons (Fsp3) is 0.625. The first-order chi connectivity index (χ1) is 16.1. The maximum atomic E-state index is 13.2. The molecule has 0 saturated carbocycles. The highest BCUT2D eigenvalue weighted by Crippen LogP contribution is 2.27. The topological polar surface area (TPSA) is 109 Å². The van der Waals surface area contributed by atoms with Crippen molar-refractivity contribution in [3.63, 3.8) is 0 Å². The van der Waals surface area contributed by atoms with Crippen LogP contribution < -0.4 is 15.4 Å². The summed E-state index contributed by atoms with van der Waals surface area (Å²) in [5.74, 6) is -0.244. The van der Waals surface area contributed by atoms with Crippen LogP contribution in [0, 0.1) is 5.92 Å². The molecule has 1 heterocycles. The van der Waals surface area contributed by atoms with Gasteiger partial charge in [0.2, 0.25) is 5.91 Å². The molecule has 0 aromatic heterocycles. The van der Waals surface area contributed by atoms with Crippen molar-refractivity contribution in [2.45, 2.75) is 45.9 Å². The molecular formula is C24H38N4O6. The normalized spacial score (nSPS) is 21.8. The third-order valence-electron chi connectivity index (χ3n) is 5.68. The molecule has 0 aliphatic carbocycles. The van der Waals surface area contributed by atoms with Gasteiger partial charge in [0.15, 0.2) is 0 Å². The molecule has 0 fully saturated rings. The fourth-order valence-electron chi connectivity index (χ4n) is 3.79. The Morgan fingerprint density at radius 1 is 1.21 bits per heavy atom. The Hall–Kier alpha value is -2.85. The van der Waals surface area contributed by atoms with Crippen LogP contribution in [0.2, 0.25) is 0 Å². The van der Waals surface area contributed by atoms with Crippen molar-refractivity contribution in [2.75, 3.05) is 52.9 Å². The number of hydrogen-bond acceptors (Lipinski definition) is 6. The zero-order chi connectivity index (χ0) is 25.4. The van der Waals surface area contributed by atoms with Crippen LogP contribution in [0.3, 0.4) is 0 Å². The van der Waals surface area contributed by atoms with Gasteiger partial charge in [0, 0.05) is 58.1 Å². The average Bonchev–Trinajstić information content (AvgIpc) is 2.77. The Bertz CT molecular complexity index is 862. The Kier molecular flexibility index (Phi) is 10.1. The highest BCUT2D eigenvalue weighted by atomic mass is 16.5. The second-order valence-electron chi connectivity index (χ2n) is 9.05. The van der Waals surface area contributed by atoms with Gasteiger partial charge in [-0.25, -0.2) is 4.79 Å². The van der Waals surface area contributed by atoms with Gasteiger partial charge in [-0.3, -0.25) is 9.59 Å². The number of likely N-dealkylation sites (N-methyl/N-ethyl adjacent to an activating group) is 1. The number of nitrogens with zero attached hydrogens (tertiary/aromatic N) is 2. The monoisotopic (exact) mass is 478 g/mol. The zero-order valence-electron chi connectivity index (χ0n) is 21.2. The van der Waals surface area contributed by atoms with Crippen LogP contribution in [0.4, 0.5) is 10.5 Å². The van der Waals surface area contributed by atoms with Crippen LogP contribution in [0.5, 0.6) is 5.75 Å². The summed E-state index contributed by atoms with van der Waals surface area (Å²) in [6.07, 6.45) is -0.271. The third kappa shape index (κ3) is 7.33. The molecule has 0 saturated heterocycles. The average molecular weight is 479 g/mol. The van der Waals surface area contributed by atoms with E-state index in [2.05, 4.69) is 10.6 Å². The smallest absolute Gasteiger partial charge is 0.317 e. The molecule has 10 nitrogen and oxygen atoms in total. The van der Waals surface area contributed by atoms with Crippen molar-refractivity contribution < 1.29 is 28.6 Å². The standard InChI is InChI=1S/C24H38N4O6/c1-15(2)25-24(31)28-11-16(3)21(33-7)12-27(5)23(30)19-9-8-18(26-22(29)14-32-6)10-20(19)34-13-17(28)4/h8-10,15-17,21H,11-14H2,1-7H3,(H,25,31)(H,26,29)/t16-,17+,21-/m0/s1. The number of methoxy groups -OCH3 is 2. The van der Waals surface area contributed by atoms with Crippen LogP contribution in [0.15, 0.2) is 18.2 Å². The van der Waals surface area contributed by atoms with E-state index in [1.807, 2.05) is 27.7 Å². The SMILES string of the molecule is COCC(=O)Nc1ccc2c(c1)OC[C@@H](C)N(C(=O)NC(C)C)C[C@H](C)[C@@H](OC)CN(C)C2=O. The summed E-state index contributed by atoms with van der Waals surface area (Å²) in [6.45, 7) is 8.57. The number of carbonyl (C=O) groups is 3. The number of fused-ring (bicyclic) bond motifs is 1. The van der Waals surface area contributed by atoms with E-state index in [1.165, 1.54) is 7.11 Å². The van der Waals surface area contributed by atoms with Crippen molar-refractivity contribution >= 4 is 23.5 Å². The molecule has 0 radical (unpaired) electrons. The molecule has 1 aliphatic heterocycles. The van der Waals surface area contributed by atoms with Gasteiger partial charge < -0.3 is 34.6 Å². The van der Waals surface area contributed by atoms with Crippen molar-refractivity contribution in [1.82, 2.24) is 15.1 Å². The summed E-state index contributed by atoms with van der Waals surface area (Å²) in [6, 6.07) is 4.40. The largest absolute Gasteiger partial charge is 0.491 e. The van der Waals surface area contributed by atoms with Gasteiger partial charge in [0.25, 0.3) is 5.91 Å². The highest BCUT2D eigenvalue weighted by Gasteiger charge is 2.30. The number of carbonyl (C=O) groups excluding carboxylic acids is 3.